The van der Waals surface area contributed by atoms with Crippen LogP contribution in [0.25, 0.3) is 0 Å². The molecule has 2 atom stereocenters. The number of nitrogens with zero attached hydrogens (tertiary/aromatic N) is 2. The average Bonchev–Trinajstić information content (AvgIpc) is 2.41. The zero-order chi connectivity index (χ0) is 16.8. The Kier molecular flexibility index (Phi) is 12.8. The van der Waals surface area contributed by atoms with Gasteiger partial charge in [0.25, 0.3) is 0 Å². The van der Waals surface area contributed by atoms with Crippen molar-refractivity contribution in [2.24, 2.45) is 22.0 Å². The van der Waals surface area contributed by atoms with Crippen LogP contribution in [-0.4, -0.2) is 12.4 Å². The molecule has 0 saturated carbocycles. The molecule has 126 valence electrons. The van der Waals surface area contributed by atoms with Crippen LogP contribution in [0.2, 0.25) is 0 Å². The summed E-state index contributed by atoms with van der Waals surface area (Å²) in [5.74, 6) is 1.36. The standard InChI is InChI=1S/C20H36N2/c1-17(2)9-7-11-19(5)13-15-21-22-16-14-20(6)12-8-10-18(3)4/h9-10,15-16,19-20H,7-8,11-14H2,1-6H3. The molecule has 22 heavy (non-hydrogen) atoms. The highest BCUT2D eigenvalue weighted by Gasteiger charge is 1.99. The Labute approximate surface area is 138 Å². The predicted molar refractivity (Wildman–Crippen MR) is 102 cm³/mol. The van der Waals surface area contributed by atoms with E-state index in [4.69, 9.17) is 0 Å². The maximum absolute atomic E-state index is 4.15. The van der Waals surface area contributed by atoms with Crippen molar-refractivity contribution in [1.82, 2.24) is 0 Å². The normalized spacial score (nSPS) is 14.3. The van der Waals surface area contributed by atoms with Crippen molar-refractivity contribution in [1.29, 1.82) is 0 Å². The van der Waals surface area contributed by atoms with Crippen LogP contribution in [-0.2, 0) is 0 Å². The lowest BCUT2D eigenvalue weighted by Gasteiger charge is -2.05. The van der Waals surface area contributed by atoms with E-state index >= 15 is 0 Å². The van der Waals surface area contributed by atoms with Crippen LogP contribution in [0, 0.1) is 11.8 Å². The lowest BCUT2D eigenvalue weighted by molar-refractivity contribution is 0.561. The third kappa shape index (κ3) is 15.2. The topological polar surface area (TPSA) is 24.7 Å². The van der Waals surface area contributed by atoms with E-state index in [-0.39, 0.29) is 0 Å². The van der Waals surface area contributed by atoms with Gasteiger partial charge in [-0.1, -0.05) is 37.1 Å². The molecule has 0 aromatic rings. The molecular formula is C20H36N2. The summed E-state index contributed by atoms with van der Waals surface area (Å²) in [4.78, 5) is 0. The monoisotopic (exact) mass is 304 g/mol. The van der Waals surface area contributed by atoms with Gasteiger partial charge in [0, 0.05) is 12.4 Å². The lowest BCUT2D eigenvalue weighted by atomic mass is 10.0. The summed E-state index contributed by atoms with van der Waals surface area (Å²) in [7, 11) is 0. The summed E-state index contributed by atoms with van der Waals surface area (Å²) in [5, 5.41) is 8.30. The molecule has 0 heterocycles. The summed E-state index contributed by atoms with van der Waals surface area (Å²) in [5.41, 5.74) is 2.81. The Balaban J connectivity index is 3.74. The molecule has 2 unspecified atom stereocenters. The van der Waals surface area contributed by atoms with Crippen LogP contribution in [0.3, 0.4) is 0 Å². The molecule has 0 aliphatic carbocycles. The third-order valence-corrected chi connectivity index (χ3v) is 3.67. The van der Waals surface area contributed by atoms with Crippen molar-refractivity contribution in [3.63, 3.8) is 0 Å². The van der Waals surface area contributed by atoms with Gasteiger partial charge in [0.15, 0.2) is 0 Å². The van der Waals surface area contributed by atoms with Gasteiger partial charge in [-0.25, -0.2) is 0 Å². The first-order valence-corrected chi connectivity index (χ1v) is 8.71. The largest absolute Gasteiger partial charge is 0.164 e. The minimum absolute atomic E-state index is 0.678. The van der Waals surface area contributed by atoms with Crippen molar-refractivity contribution in [2.75, 3.05) is 0 Å². The van der Waals surface area contributed by atoms with Gasteiger partial charge in [-0.15, -0.1) is 0 Å². The van der Waals surface area contributed by atoms with Crippen molar-refractivity contribution in [2.45, 2.75) is 80.1 Å². The van der Waals surface area contributed by atoms with Gasteiger partial charge in [0.05, 0.1) is 0 Å². The van der Waals surface area contributed by atoms with E-state index in [2.05, 4.69) is 63.9 Å². The van der Waals surface area contributed by atoms with Crippen LogP contribution in [0.5, 0.6) is 0 Å². The number of allylic oxidation sites excluding steroid dienone is 4. The molecule has 0 rings (SSSR count). The van der Waals surface area contributed by atoms with Gasteiger partial charge in [-0.3, -0.25) is 0 Å². The second-order valence-electron chi connectivity index (χ2n) is 7.00. The Morgan fingerprint density at radius 3 is 1.41 bits per heavy atom. The second-order valence-corrected chi connectivity index (χ2v) is 7.00. The number of hydrogen-bond donors (Lipinski definition) is 0. The molecule has 2 heteroatoms. The van der Waals surface area contributed by atoms with Crippen LogP contribution in [0.15, 0.2) is 33.5 Å². The quantitative estimate of drug-likeness (QED) is 0.234. The number of hydrogen-bond acceptors (Lipinski definition) is 2. The molecule has 0 N–H and O–H groups in total. The van der Waals surface area contributed by atoms with Gasteiger partial charge in [-0.2, -0.15) is 10.2 Å². The Morgan fingerprint density at radius 2 is 1.09 bits per heavy atom. The van der Waals surface area contributed by atoms with E-state index in [9.17, 15) is 0 Å². The van der Waals surface area contributed by atoms with Crippen molar-refractivity contribution >= 4 is 12.4 Å². The molecule has 2 nitrogen and oxygen atoms in total. The molecule has 0 saturated heterocycles. The highest BCUT2D eigenvalue weighted by Crippen LogP contribution is 2.11. The first-order chi connectivity index (χ1) is 10.4. The third-order valence-electron chi connectivity index (χ3n) is 3.67. The molecule has 0 aliphatic rings. The van der Waals surface area contributed by atoms with Crippen LogP contribution >= 0.6 is 0 Å². The summed E-state index contributed by atoms with van der Waals surface area (Å²) < 4.78 is 0. The van der Waals surface area contributed by atoms with Gasteiger partial charge in [-0.05, 0) is 78.1 Å². The fourth-order valence-corrected chi connectivity index (χ4v) is 2.10. The molecule has 0 amide bonds. The van der Waals surface area contributed by atoms with E-state index in [1.54, 1.807) is 0 Å². The maximum Gasteiger partial charge on any atom is 0.0272 e. The Morgan fingerprint density at radius 1 is 0.727 bits per heavy atom. The zero-order valence-corrected chi connectivity index (χ0v) is 15.6. The maximum atomic E-state index is 4.15. The molecule has 0 bridgehead atoms. The van der Waals surface area contributed by atoms with Crippen molar-refractivity contribution < 1.29 is 0 Å². The van der Waals surface area contributed by atoms with Gasteiger partial charge in [0.1, 0.15) is 0 Å². The van der Waals surface area contributed by atoms with E-state index in [0.29, 0.717) is 11.8 Å². The Bertz CT molecular complexity index is 343. The lowest BCUT2D eigenvalue weighted by Crippen LogP contribution is -1.95. The second kappa shape index (κ2) is 13.5. The van der Waals surface area contributed by atoms with Gasteiger partial charge < -0.3 is 0 Å². The highest BCUT2D eigenvalue weighted by atomic mass is 15.2. The van der Waals surface area contributed by atoms with Crippen LogP contribution < -0.4 is 0 Å². The van der Waals surface area contributed by atoms with Gasteiger partial charge >= 0.3 is 0 Å². The van der Waals surface area contributed by atoms with Gasteiger partial charge in [0.2, 0.25) is 0 Å². The van der Waals surface area contributed by atoms with Crippen LogP contribution in [0.1, 0.15) is 80.1 Å². The molecule has 0 aromatic heterocycles. The molecule has 0 aliphatic heterocycles. The van der Waals surface area contributed by atoms with Crippen molar-refractivity contribution in [3.05, 3.63) is 23.3 Å². The summed E-state index contributed by atoms with van der Waals surface area (Å²) in [6, 6.07) is 0. The van der Waals surface area contributed by atoms with E-state index < -0.39 is 0 Å². The minimum Gasteiger partial charge on any atom is -0.164 e. The summed E-state index contributed by atoms with van der Waals surface area (Å²) in [6.45, 7) is 13.2. The SMILES string of the molecule is CC(C)=CCCC(C)CC=NN=CCC(C)CCC=C(C)C. The first kappa shape index (κ1) is 20.8. The first-order valence-electron chi connectivity index (χ1n) is 8.71. The molecule has 0 fully saturated rings. The van der Waals surface area contributed by atoms with Crippen LogP contribution in [0.4, 0.5) is 0 Å². The minimum atomic E-state index is 0.678. The fraction of sp³-hybridized carbons (Fsp3) is 0.700. The van der Waals surface area contributed by atoms with E-state index in [0.717, 1.165) is 12.8 Å². The van der Waals surface area contributed by atoms with E-state index in [1.807, 2.05) is 12.4 Å². The molecule has 0 radical (unpaired) electrons. The Hall–Kier alpha value is -1.18. The summed E-state index contributed by atoms with van der Waals surface area (Å²) in [6.07, 6.45) is 15.4. The molecule has 0 spiro atoms. The van der Waals surface area contributed by atoms with E-state index in [1.165, 1.54) is 36.8 Å². The van der Waals surface area contributed by atoms with Crippen molar-refractivity contribution in [3.8, 4) is 0 Å². The number of rotatable bonds is 11. The predicted octanol–water partition coefficient (Wildman–Crippen LogP) is 6.59. The zero-order valence-electron chi connectivity index (χ0n) is 15.6. The smallest absolute Gasteiger partial charge is 0.0272 e. The fourth-order valence-electron chi connectivity index (χ4n) is 2.10. The molecular weight excluding hydrogens is 268 g/mol. The summed E-state index contributed by atoms with van der Waals surface area (Å²) >= 11 is 0. The average molecular weight is 305 g/mol. The highest BCUT2D eigenvalue weighted by molar-refractivity contribution is 5.61. The molecule has 0 aromatic carbocycles.